The van der Waals surface area contributed by atoms with Crippen LogP contribution >= 0.6 is 11.6 Å². The number of rotatable bonds is 7. The van der Waals surface area contributed by atoms with Crippen LogP contribution in [-0.4, -0.2) is 47.5 Å². The second kappa shape index (κ2) is 10.6. The SMILES string of the molecule is CC1=C(c2ccc(Cl)c(O)c2)C(c2ccc(OCC(C)N3CCC(CF)C3)cc2)Oc2cc(O)ccc21. The molecule has 0 bridgehead atoms. The number of phenols is 2. The fourth-order valence-corrected chi connectivity index (χ4v) is 5.30. The molecule has 2 heterocycles. The molecule has 5 nitrogen and oxygen atoms in total. The van der Waals surface area contributed by atoms with Gasteiger partial charge in [-0.15, -0.1) is 0 Å². The van der Waals surface area contributed by atoms with Gasteiger partial charge in [-0.1, -0.05) is 29.8 Å². The average Bonchev–Trinajstić information content (AvgIpc) is 3.39. The maximum absolute atomic E-state index is 13.0. The number of hydrogen-bond donors (Lipinski definition) is 2. The predicted molar refractivity (Wildman–Crippen MR) is 144 cm³/mol. The number of fused-ring (bicyclic) bond motifs is 1. The predicted octanol–water partition coefficient (Wildman–Crippen LogP) is 6.87. The summed E-state index contributed by atoms with van der Waals surface area (Å²) in [4.78, 5) is 2.28. The van der Waals surface area contributed by atoms with Gasteiger partial charge in [0.1, 0.15) is 35.7 Å². The van der Waals surface area contributed by atoms with E-state index in [2.05, 4.69) is 11.8 Å². The smallest absolute Gasteiger partial charge is 0.150 e. The summed E-state index contributed by atoms with van der Waals surface area (Å²) in [6.07, 6.45) is 0.434. The summed E-state index contributed by atoms with van der Waals surface area (Å²) < 4.78 is 25.5. The molecule has 0 radical (unpaired) electrons. The van der Waals surface area contributed by atoms with Crippen LogP contribution in [0.5, 0.6) is 23.0 Å². The first-order valence-corrected chi connectivity index (χ1v) is 12.9. The van der Waals surface area contributed by atoms with Crippen LogP contribution in [0.15, 0.2) is 60.7 Å². The van der Waals surface area contributed by atoms with Crippen LogP contribution in [0.2, 0.25) is 5.02 Å². The van der Waals surface area contributed by atoms with Gasteiger partial charge in [0.25, 0.3) is 0 Å². The zero-order chi connectivity index (χ0) is 26.1. The summed E-state index contributed by atoms with van der Waals surface area (Å²) in [5, 5.41) is 20.6. The number of allylic oxidation sites excluding steroid dienone is 1. The molecule has 2 aliphatic rings. The molecule has 0 amide bonds. The normalized spacial score (nSPS) is 20.4. The van der Waals surface area contributed by atoms with Crippen LogP contribution in [0.25, 0.3) is 11.1 Å². The number of halogens is 2. The molecular weight excluding hydrogens is 493 g/mol. The van der Waals surface area contributed by atoms with Gasteiger partial charge in [-0.25, -0.2) is 0 Å². The first kappa shape index (κ1) is 25.4. The van der Waals surface area contributed by atoms with Gasteiger partial charge in [0.05, 0.1) is 11.7 Å². The Hall–Kier alpha value is -3.22. The number of ether oxygens (including phenoxy) is 2. The van der Waals surface area contributed by atoms with Crippen LogP contribution in [-0.2, 0) is 0 Å². The largest absolute Gasteiger partial charge is 0.508 e. The second-order valence-corrected chi connectivity index (χ2v) is 10.3. The highest BCUT2D eigenvalue weighted by Crippen LogP contribution is 2.48. The summed E-state index contributed by atoms with van der Waals surface area (Å²) in [6.45, 7) is 6.08. The lowest BCUT2D eigenvalue weighted by atomic mass is 9.86. The molecule has 3 unspecified atom stereocenters. The fraction of sp³-hybridized carbons (Fsp3) is 0.333. The topological polar surface area (TPSA) is 62.2 Å². The quantitative estimate of drug-likeness (QED) is 0.353. The van der Waals surface area contributed by atoms with Crippen molar-refractivity contribution in [2.24, 2.45) is 5.92 Å². The molecule has 2 N–H and O–H groups in total. The second-order valence-electron chi connectivity index (χ2n) is 9.92. The highest BCUT2D eigenvalue weighted by atomic mass is 35.5. The third kappa shape index (κ3) is 5.27. The molecule has 2 aliphatic heterocycles. The maximum Gasteiger partial charge on any atom is 0.150 e. The van der Waals surface area contributed by atoms with Crippen molar-refractivity contribution in [3.8, 4) is 23.0 Å². The Bertz CT molecular complexity index is 1310. The molecule has 0 saturated carbocycles. The fourth-order valence-electron chi connectivity index (χ4n) is 5.18. The summed E-state index contributed by atoms with van der Waals surface area (Å²) in [6, 6.07) is 18.3. The summed E-state index contributed by atoms with van der Waals surface area (Å²) >= 11 is 6.07. The van der Waals surface area contributed by atoms with Crippen LogP contribution in [0.4, 0.5) is 4.39 Å². The zero-order valence-electron chi connectivity index (χ0n) is 21.0. The highest BCUT2D eigenvalue weighted by molar-refractivity contribution is 6.32. The molecule has 0 aromatic heterocycles. The molecule has 1 fully saturated rings. The first-order valence-electron chi connectivity index (χ1n) is 12.6. The van der Waals surface area contributed by atoms with Crippen molar-refractivity contribution in [1.29, 1.82) is 0 Å². The van der Waals surface area contributed by atoms with Crippen LogP contribution < -0.4 is 9.47 Å². The van der Waals surface area contributed by atoms with E-state index in [1.165, 1.54) is 0 Å². The lowest BCUT2D eigenvalue weighted by Gasteiger charge is -2.31. The molecule has 37 heavy (non-hydrogen) atoms. The van der Waals surface area contributed by atoms with Gasteiger partial charge < -0.3 is 19.7 Å². The van der Waals surface area contributed by atoms with Crippen molar-refractivity contribution in [2.75, 3.05) is 26.4 Å². The van der Waals surface area contributed by atoms with Crippen LogP contribution in [0.3, 0.4) is 0 Å². The van der Waals surface area contributed by atoms with Gasteiger partial charge in [-0.2, -0.15) is 0 Å². The molecule has 5 rings (SSSR count). The molecule has 1 saturated heterocycles. The monoisotopic (exact) mass is 523 g/mol. The highest BCUT2D eigenvalue weighted by Gasteiger charge is 2.30. The van der Waals surface area contributed by atoms with E-state index in [4.69, 9.17) is 21.1 Å². The minimum absolute atomic E-state index is 0.00317. The van der Waals surface area contributed by atoms with Gasteiger partial charge in [-0.3, -0.25) is 9.29 Å². The number of phenolic OH excluding ortho intramolecular Hbond substituents is 2. The Morgan fingerprint density at radius 3 is 2.59 bits per heavy atom. The number of benzene rings is 3. The average molecular weight is 524 g/mol. The van der Waals surface area contributed by atoms with Crippen LogP contribution in [0, 0.1) is 5.92 Å². The Balaban J connectivity index is 1.39. The van der Waals surface area contributed by atoms with E-state index in [1.807, 2.05) is 43.3 Å². The van der Waals surface area contributed by atoms with E-state index in [1.54, 1.807) is 24.3 Å². The maximum atomic E-state index is 13.0. The van der Waals surface area contributed by atoms with Crippen LogP contribution in [0.1, 0.15) is 43.1 Å². The van der Waals surface area contributed by atoms with Crippen molar-refractivity contribution < 1.29 is 24.1 Å². The third-order valence-electron chi connectivity index (χ3n) is 7.37. The Kier molecular flexibility index (Phi) is 7.31. The molecule has 0 aliphatic carbocycles. The molecule has 3 aromatic rings. The van der Waals surface area contributed by atoms with Crippen molar-refractivity contribution in [3.05, 3.63) is 82.4 Å². The van der Waals surface area contributed by atoms with Gasteiger partial charge in [0.2, 0.25) is 0 Å². The minimum atomic E-state index is -0.468. The number of likely N-dealkylation sites (tertiary alicyclic amines) is 1. The number of alkyl halides is 1. The summed E-state index contributed by atoms with van der Waals surface area (Å²) in [5.41, 5.74) is 4.48. The number of nitrogens with zero attached hydrogens (tertiary/aromatic N) is 1. The molecule has 3 aromatic carbocycles. The number of hydrogen-bond acceptors (Lipinski definition) is 5. The first-order chi connectivity index (χ1) is 17.8. The van der Waals surface area contributed by atoms with Crippen molar-refractivity contribution in [3.63, 3.8) is 0 Å². The van der Waals surface area contributed by atoms with Crippen molar-refractivity contribution in [1.82, 2.24) is 4.90 Å². The van der Waals surface area contributed by atoms with E-state index >= 15 is 0 Å². The lowest BCUT2D eigenvalue weighted by Crippen LogP contribution is -2.35. The Morgan fingerprint density at radius 2 is 1.89 bits per heavy atom. The van der Waals surface area contributed by atoms with Crippen molar-refractivity contribution >= 4 is 22.7 Å². The minimum Gasteiger partial charge on any atom is -0.508 e. The Morgan fingerprint density at radius 1 is 1.11 bits per heavy atom. The van der Waals surface area contributed by atoms with Gasteiger partial charge in [0.15, 0.2) is 0 Å². The van der Waals surface area contributed by atoms with E-state index in [-0.39, 0.29) is 35.2 Å². The van der Waals surface area contributed by atoms with E-state index in [9.17, 15) is 14.6 Å². The molecular formula is C30H31ClFNO4. The standard InChI is InChI=1S/C30H31ClFNO4/c1-18(33-12-11-20(15-32)16-33)17-36-24-7-3-21(4-8-24)30-29(22-5-10-26(31)27(35)13-22)19(2)25-9-6-23(34)14-28(25)37-30/h3-10,13-14,18,20,30,34-35H,11-12,15-17H2,1-2H3. The Labute approximate surface area is 221 Å². The van der Waals surface area contributed by atoms with Gasteiger partial charge in [-0.05, 0) is 79.9 Å². The molecule has 7 heteroatoms. The molecule has 3 atom stereocenters. The van der Waals surface area contributed by atoms with Crippen molar-refractivity contribution in [2.45, 2.75) is 32.4 Å². The van der Waals surface area contributed by atoms with Gasteiger partial charge >= 0.3 is 0 Å². The van der Waals surface area contributed by atoms with Gasteiger partial charge in [0, 0.05) is 35.7 Å². The number of aromatic hydroxyl groups is 2. The third-order valence-corrected chi connectivity index (χ3v) is 7.69. The molecule has 0 spiro atoms. The van der Waals surface area contributed by atoms with E-state index in [0.29, 0.717) is 12.4 Å². The van der Waals surface area contributed by atoms with E-state index in [0.717, 1.165) is 53.1 Å². The zero-order valence-corrected chi connectivity index (χ0v) is 21.7. The molecule has 194 valence electrons. The van der Waals surface area contributed by atoms with E-state index < -0.39 is 6.10 Å². The summed E-state index contributed by atoms with van der Waals surface area (Å²) in [5.74, 6) is 1.61. The summed E-state index contributed by atoms with van der Waals surface area (Å²) in [7, 11) is 0. The lowest BCUT2D eigenvalue weighted by molar-refractivity contribution is 0.165.